The smallest absolute Gasteiger partial charge is 0.191 e. The highest BCUT2D eigenvalue weighted by Crippen LogP contribution is 2.23. The fourth-order valence-corrected chi connectivity index (χ4v) is 2.54. The maximum Gasteiger partial charge on any atom is 0.191 e. The summed E-state index contributed by atoms with van der Waals surface area (Å²) in [6.45, 7) is 11.0. The molecular formula is C18H29IN4O3. The molecule has 3 N–H and O–H groups in total. The van der Waals surface area contributed by atoms with Crippen molar-refractivity contribution in [3.63, 3.8) is 0 Å². The van der Waals surface area contributed by atoms with Crippen LogP contribution in [0.25, 0.3) is 0 Å². The number of nitrogens with one attached hydrogen (secondary N) is 2. The predicted molar refractivity (Wildman–Crippen MR) is 112 cm³/mol. The van der Waals surface area contributed by atoms with Crippen molar-refractivity contribution in [2.24, 2.45) is 4.99 Å². The molecule has 8 heteroatoms. The molecule has 0 bridgehead atoms. The Bertz CT molecular complexity index is 702. The Kier molecular flexibility index (Phi) is 8.61. The number of nitrogens with zero attached hydrogens (tertiary/aromatic N) is 2. The van der Waals surface area contributed by atoms with Gasteiger partial charge in [0, 0.05) is 18.7 Å². The van der Waals surface area contributed by atoms with Gasteiger partial charge in [-0.25, -0.2) is 4.99 Å². The molecule has 0 spiro atoms. The number of hydrogen-bond acceptors (Lipinski definition) is 5. The summed E-state index contributed by atoms with van der Waals surface area (Å²) in [5.74, 6) is 2.78. The molecule has 0 saturated carbocycles. The lowest BCUT2D eigenvalue weighted by Gasteiger charge is -2.19. The van der Waals surface area contributed by atoms with E-state index in [1.807, 2.05) is 33.8 Å². The zero-order valence-electron chi connectivity index (χ0n) is 16.0. The molecule has 0 fully saturated rings. The molecule has 0 aliphatic rings. The third-order valence-corrected chi connectivity index (χ3v) is 4.01. The first-order chi connectivity index (χ1) is 11.8. The van der Waals surface area contributed by atoms with Gasteiger partial charge in [0.25, 0.3) is 0 Å². The first kappa shape index (κ1) is 22.5. The number of halogens is 1. The predicted octanol–water partition coefficient (Wildman–Crippen LogP) is 2.82. The van der Waals surface area contributed by atoms with Crippen molar-refractivity contribution < 1.29 is 14.0 Å². The second-order valence-corrected chi connectivity index (χ2v) is 6.36. The van der Waals surface area contributed by atoms with Gasteiger partial charge in [0.2, 0.25) is 0 Å². The minimum Gasteiger partial charge on any atom is -0.463 e. The molecule has 2 aromatic rings. The van der Waals surface area contributed by atoms with Gasteiger partial charge in [-0.3, -0.25) is 0 Å². The summed E-state index contributed by atoms with van der Waals surface area (Å²) in [5.41, 5.74) is 0.872. The molecule has 0 radical (unpaired) electrons. The van der Waals surface area contributed by atoms with E-state index in [2.05, 4.69) is 20.8 Å². The van der Waals surface area contributed by atoms with E-state index < -0.39 is 5.60 Å². The SMILES string of the molecule is CCNC(=NCC(C)(O)c1ccc(C)o1)NCCc1c(C)noc1C.I. The van der Waals surface area contributed by atoms with Crippen LogP contribution >= 0.6 is 24.0 Å². The summed E-state index contributed by atoms with van der Waals surface area (Å²) < 4.78 is 10.7. The standard InChI is InChI=1S/C18H28N4O3.HI/c1-6-19-17(20-10-9-15-13(3)22-25-14(15)4)21-11-18(5,23)16-8-7-12(2)24-16;/h7-8,23H,6,9-11H2,1-5H3,(H2,19,20,21);1H. The normalized spacial score (nSPS) is 13.8. The van der Waals surface area contributed by atoms with Crippen molar-refractivity contribution in [1.29, 1.82) is 0 Å². The molecular weight excluding hydrogens is 447 g/mol. The number of aliphatic imine (C=N–C) groups is 1. The fraction of sp³-hybridized carbons (Fsp3) is 0.556. The molecule has 146 valence electrons. The lowest BCUT2D eigenvalue weighted by molar-refractivity contribution is 0.0428. The van der Waals surface area contributed by atoms with Crippen molar-refractivity contribution >= 4 is 29.9 Å². The molecule has 0 saturated heterocycles. The number of aliphatic hydroxyl groups is 1. The molecule has 0 aliphatic heterocycles. The lowest BCUT2D eigenvalue weighted by atomic mass is 10.0. The molecule has 2 aromatic heterocycles. The summed E-state index contributed by atoms with van der Waals surface area (Å²) >= 11 is 0. The molecule has 1 atom stereocenters. The zero-order chi connectivity index (χ0) is 18.4. The highest BCUT2D eigenvalue weighted by molar-refractivity contribution is 14.0. The van der Waals surface area contributed by atoms with Crippen LogP contribution in [0.2, 0.25) is 0 Å². The van der Waals surface area contributed by atoms with Crippen molar-refractivity contribution in [2.75, 3.05) is 19.6 Å². The van der Waals surface area contributed by atoms with Crippen LogP contribution in [0.4, 0.5) is 0 Å². The Hall–Kier alpha value is -1.55. The van der Waals surface area contributed by atoms with Crippen LogP contribution in [-0.4, -0.2) is 35.9 Å². The molecule has 1 unspecified atom stereocenters. The van der Waals surface area contributed by atoms with Gasteiger partial charge in [-0.05, 0) is 53.2 Å². The van der Waals surface area contributed by atoms with E-state index >= 15 is 0 Å². The van der Waals surface area contributed by atoms with Crippen molar-refractivity contribution in [3.05, 3.63) is 40.7 Å². The van der Waals surface area contributed by atoms with Crippen molar-refractivity contribution in [2.45, 2.75) is 46.6 Å². The third-order valence-electron chi connectivity index (χ3n) is 4.01. The van der Waals surface area contributed by atoms with Gasteiger partial charge < -0.3 is 24.7 Å². The van der Waals surface area contributed by atoms with E-state index in [0.29, 0.717) is 18.3 Å². The summed E-state index contributed by atoms with van der Waals surface area (Å²) in [5, 5.41) is 21.0. The quantitative estimate of drug-likeness (QED) is 0.323. The second kappa shape index (κ2) is 9.96. The maximum absolute atomic E-state index is 10.6. The first-order valence-electron chi connectivity index (χ1n) is 8.56. The Balaban J connectivity index is 0.00000338. The average Bonchev–Trinajstić information content (AvgIpc) is 3.13. The Morgan fingerprint density at radius 1 is 1.27 bits per heavy atom. The summed E-state index contributed by atoms with van der Waals surface area (Å²) in [7, 11) is 0. The molecule has 7 nitrogen and oxygen atoms in total. The summed E-state index contributed by atoms with van der Waals surface area (Å²) in [6, 6.07) is 3.61. The molecule has 26 heavy (non-hydrogen) atoms. The van der Waals surface area contributed by atoms with Gasteiger partial charge in [0.15, 0.2) is 5.96 Å². The number of furan rings is 1. The monoisotopic (exact) mass is 476 g/mol. The van der Waals surface area contributed by atoms with Gasteiger partial charge in [-0.2, -0.15) is 0 Å². The maximum atomic E-state index is 10.6. The van der Waals surface area contributed by atoms with Crippen molar-refractivity contribution in [3.8, 4) is 0 Å². The van der Waals surface area contributed by atoms with Crippen LogP contribution in [-0.2, 0) is 12.0 Å². The van der Waals surface area contributed by atoms with Crippen LogP contribution in [0.1, 0.15) is 42.4 Å². The largest absolute Gasteiger partial charge is 0.463 e. The molecule has 2 rings (SSSR count). The van der Waals surface area contributed by atoms with Crippen LogP contribution in [0, 0.1) is 20.8 Å². The number of guanidine groups is 1. The topological polar surface area (TPSA) is 95.8 Å². The van der Waals surface area contributed by atoms with Gasteiger partial charge in [-0.1, -0.05) is 5.16 Å². The molecule has 0 aromatic carbocycles. The molecule has 0 aliphatic carbocycles. The van der Waals surface area contributed by atoms with E-state index in [1.54, 1.807) is 13.0 Å². The lowest BCUT2D eigenvalue weighted by Crippen LogP contribution is -2.39. The highest BCUT2D eigenvalue weighted by Gasteiger charge is 2.26. The van der Waals surface area contributed by atoms with Gasteiger partial charge in [-0.15, -0.1) is 24.0 Å². The Morgan fingerprint density at radius 3 is 2.54 bits per heavy atom. The van der Waals surface area contributed by atoms with E-state index in [0.717, 1.165) is 35.7 Å². The number of hydrogen-bond donors (Lipinski definition) is 3. The Morgan fingerprint density at radius 2 is 2.00 bits per heavy atom. The third kappa shape index (κ3) is 6.01. The summed E-state index contributed by atoms with van der Waals surface area (Å²) in [4.78, 5) is 4.48. The average molecular weight is 476 g/mol. The first-order valence-corrected chi connectivity index (χ1v) is 8.56. The van der Waals surface area contributed by atoms with Gasteiger partial charge in [0.1, 0.15) is 22.9 Å². The molecule has 2 heterocycles. The van der Waals surface area contributed by atoms with Crippen molar-refractivity contribution in [1.82, 2.24) is 15.8 Å². The highest BCUT2D eigenvalue weighted by atomic mass is 127. The van der Waals surface area contributed by atoms with E-state index in [-0.39, 0.29) is 30.5 Å². The zero-order valence-corrected chi connectivity index (χ0v) is 18.4. The van der Waals surface area contributed by atoms with Crippen LogP contribution in [0.3, 0.4) is 0 Å². The minimum atomic E-state index is -1.15. The van der Waals surface area contributed by atoms with Gasteiger partial charge >= 0.3 is 0 Å². The van der Waals surface area contributed by atoms with E-state index in [4.69, 9.17) is 8.94 Å². The van der Waals surface area contributed by atoms with Crippen LogP contribution in [0.5, 0.6) is 0 Å². The van der Waals surface area contributed by atoms with Crippen LogP contribution < -0.4 is 10.6 Å². The number of aromatic nitrogens is 1. The number of aryl methyl sites for hydroxylation is 3. The van der Waals surface area contributed by atoms with E-state index in [1.165, 1.54) is 0 Å². The van der Waals surface area contributed by atoms with Gasteiger partial charge in [0.05, 0.1) is 12.2 Å². The molecule has 0 amide bonds. The minimum absolute atomic E-state index is 0. The summed E-state index contributed by atoms with van der Waals surface area (Å²) in [6.07, 6.45) is 0.791. The second-order valence-electron chi connectivity index (χ2n) is 6.36. The fourth-order valence-electron chi connectivity index (χ4n) is 2.54. The van der Waals surface area contributed by atoms with E-state index in [9.17, 15) is 5.11 Å². The number of rotatable bonds is 7. The Labute approximate surface area is 171 Å². The van der Waals surface area contributed by atoms with Crippen LogP contribution in [0.15, 0.2) is 26.1 Å².